The predicted molar refractivity (Wildman–Crippen MR) is 116 cm³/mol. The summed E-state index contributed by atoms with van der Waals surface area (Å²) in [5.41, 5.74) is 2.21. The molecule has 2 aromatic carbocycles. The Balaban J connectivity index is 1.86. The third kappa shape index (κ3) is 4.63. The Kier molecular flexibility index (Phi) is 6.54. The number of halogens is 1. The Bertz CT molecular complexity index is 977. The van der Waals surface area contributed by atoms with Crippen LogP contribution in [0.5, 0.6) is 5.75 Å². The molecule has 0 fully saturated rings. The van der Waals surface area contributed by atoms with Gasteiger partial charge in [-0.25, -0.2) is 4.68 Å². The summed E-state index contributed by atoms with van der Waals surface area (Å²) in [6, 6.07) is 16.0. The van der Waals surface area contributed by atoms with Crippen LogP contribution in [0.1, 0.15) is 25.5 Å². The highest BCUT2D eigenvalue weighted by Crippen LogP contribution is 2.24. The fourth-order valence-corrected chi connectivity index (χ4v) is 3.62. The zero-order valence-electron chi connectivity index (χ0n) is 16.6. The average molecular weight is 417 g/mol. The lowest BCUT2D eigenvalue weighted by Gasteiger charge is -2.16. The standard InChI is InChI=1S/C21H25ClN4OS/c1-15(2)26-20(17-7-11-19(27-4)12-8-17)23-25(21(26)28)14-24(3)13-16-5-9-18(22)10-6-16/h5-12,15H,13-14H2,1-4H3. The van der Waals surface area contributed by atoms with Crippen molar-refractivity contribution >= 4 is 23.8 Å². The van der Waals surface area contributed by atoms with Gasteiger partial charge in [0.15, 0.2) is 10.6 Å². The van der Waals surface area contributed by atoms with Crippen molar-refractivity contribution in [1.29, 1.82) is 0 Å². The Morgan fingerprint density at radius 1 is 1.11 bits per heavy atom. The van der Waals surface area contributed by atoms with Gasteiger partial charge < -0.3 is 4.74 Å². The van der Waals surface area contributed by atoms with Crippen LogP contribution in [-0.2, 0) is 13.2 Å². The van der Waals surface area contributed by atoms with Gasteiger partial charge in [0.1, 0.15) is 5.75 Å². The number of nitrogens with zero attached hydrogens (tertiary/aromatic N) is 4. The highest BCUT2D eigenvalue weighted by molar-refractivity contribution is 7.71. The molecule has 1 heterocycles. The Labute approximate surface area is 176 Å². The van der Waals surface area contributed by atoms with E-state index in [2.05, 4.69) is 30.4 Å². The van der Waals surface area contributed by atoms with E-state index in [-0.39, 0.29) is 6.04 Å². The minimum absolute atomic E-state index is 0.208. The van der Waals surface area contributed by atoms with E-state index in [1.54, 1.807) is 7.11 Å². The second-order valence-corrected chi connectivity index (χ2v) is 7.88. The highest BCUT2D eigenvalue weighted by Gasteiger charge is 2.16. The lowest BCUT2D eigenvalue weighted by atomic mass is 10.2. The Hall–Kier alpha value is -2.15. The highest BCUT2D eigenvalue weighted by atomic mass is 35.5. The van der Waals surface area contributed by atoms with Gasteiger partial charge in [-0.3, -0.25) is 9.47 Å². The monoisotopic (exact) mass is 416 g/mol. The lowest BCUT2D eigenvalue weighted by molar-refractivity contribution is 0.243. The Morgan fingerprint density at radius 2 is 1.75 bits per heavy atom. The van der Waals surface area contributed by atoms with Gasteiger partial charge in [-0.05, 0) is 75.1 Å². The second kappa shape index (κ2) is 8.90. The van der Waals surface area contributed by atoms with E-state index >= 15 is 0 Å². The molecule has 1 aromatic heterocycles. The summed E-state index contributed by atoms with van der Waals surface area (Å²) in [5, 5.41) is 5.57. The van der Waals surface area contributed by atoms with Crippen LogP contribution in [0.15, 0.2) is 48.5 Å². The molecule has 0 aliphatic carbocycles. The molecule has 0 aliphatic heterocycles. The molecule has 0 saturated carbocycles. The summed E-state index contributed by atoms with van der Waals surface area (Å²) in [7, 11) is 3.72. The Morgan fingerprint density at radius 3 is 2.32 bits per heavy atom. The number of aromatic nitrogens is 3. The van der Waals surface area contributed by atoms with Gasteiger partial charge in [-0.2, -0.15) is 5.10 Å². The fraction of sp³-hybridized carbons (Fsp3) is 0.333. The molecule has 0 atom stereocenters. The van der Waals surface area contributed by atoms with E-state index in [4.69, 9.17) is 33.7 Å². The molecule has 0 amide bonds. The molecular formula is C21H25ClN4OS. The van der Waals surface area contributed by atoms with Crippen molar-refractivity contribution in [2.45, 2.75) is 33.1 Å². The number of rotatable bonds is 7. The van der Waals surface area contributed by atoms with Crippen molar-refractivity contribution < 1.29 is 4.74 Å². The molecule has 3 aromatic rings. The SMILES string of the molecule is COc1ccc(-c2nn(CN(C)Cc3ccc(Cl)cc3)c(=S)n2C(C)C)cc1. The maximum absolute atomic E-state index is 5.97. The molecular weight excluding hydrogens is 392 g/mol. The van der Waals surface area contributed by atoms with Crippen LogP contribution < -0.4 is 4.74 Å². The molecule has 0 bridgehead atoms. The fourth-order valence-electron chi connectivity index (χ4n) is 3.09. The number of methoxy groups -OCH3 is 1. The van der Waals surface area contributed by atoms with E-state index in [1.165, 1.54) is 5.56 Å². The van der Waals surface area contributed by atoms with E-state index in [1.807, 2.05) is 53.2 Å². The van der Waals surface area contributed by atoms with Crippen molar-refractivity contribution in [2.24, 2.45) is 0 Å². The summed E-state index contributed by atoms with van der Waals surface area (Å²) in [4.78, 5) is 2.18. The van der Waals surface area contributed by atoms with Gasteiger partial charge in [0.05, 0.1) is 13.8 Å². The summed E-state index contributed by atoms with van der Waals surface area (Å²) in [6.07, 6.45) is 0. The molecule has 0 saturated heterocycles. The number of ether oxygens (including phenoxy) is 1. The number of hydrogen-bond acceptors (Lipinski definition) is 4. The van der Waals surface area contributed by atoms with Crippen molar-refractivity contribution in [2.75, 3.05) is 14.2 Å². The van der Waals surface area contributed by atoms with E-state index < -0.39 is 0 Å². The third-order valence-corrected chi connectivity index (χ3v) is 5.14. The van der Waals surface area contributed by atoms with Crippen LogP contribution in [0.3, 0.4) is 0 Å². The topological polar surface area (TPSA) is 35.2 Å². The minimum atomic E-state index is 0.208. The first-order chi connectivity index (χ1) is 13.4. The molecule has 0 spiro atoms. The van der Waals surface area contributed by atoms with E-state index in [0.29, 0.717) is 11.4 Å². The van der Waals surface area contributed by atoms with E-state index in [9.17, 15) is 0 Å². The molecule has 0 aliphatic rings. The molecule has 28 heavy (non-hydrogen) atoms. The van der Waals surface area contributed by atoms with Crippen LogP contribution in [0.2, 0.25) is 5.02 Å². The molecule has 3 rings (SSSR count). The number of hydrogen-bond donors (Lipinski definition) is 0. The molecule has 0 unspecified atom stereocenters. The van der Waals surface area contributed by atoms with Gasteiger partial charge in [-0.15, -0.1) is 0 Å². The average Bonchev–Trinajstić information content (AvgIpc) is 3.00. The predicted octanol–water partition coefficient (Wildman–Crippen LogP) is 5.41. The van der Waals surface area contributed by atoms with Crippen molar-refractivity contribution in [3.63, 3.8) is 0 Å². The maximum atomic E-state index is 5.97. The van der Waals surface area contributed by atoms with Crippen LogP contribution in [-0.4, -0.2) is 33.4 Å². The van der Waals surface area contributed by atoms with Gasteiger partial charge in [0, 0.05) is 23.2 Å². The third-order valence-electron chi connectivity index (χ3n) is 4.48. The first-order valence-corrected chi connectivity index (χ1v) is 9.94. The van der Waals surface area contributed by atoms with Crippen LogP contribution in [0.4, 0.5) is 0 Å². The minimum Gasteiger partial charge on any atom is -0.497 e. The van der Waals surface area contributed by atoms with Crippen LogP contribution in [0.25, 0.3) is 11.4 Å². The largest absolute Gasteiger partial charge is 0.497 e. The summed E-state index contributed by atoms with van der Waals surface area (Å²) < 4.78 is 9.94. The second-order valence-electron chi connectivity index (χ2n) is 7.08. The van der Waals surface area contributed by atoms with E-state index in [0.717, 1.165) is 28.7 Å². The molecule has 0 radical (unpaired) electrons. The van der Waals surface area contributed by atoms with Gasteiger partial charge in [-0.1, -0.05) is 23.7 Å². The first kappa shape index (κ1) is 20.6. The smallest absolute Gasteiger partial charge is 0.199 e. The van der Waals surface area contributed by atoms with Gasteiger partial charge in [0.25, 0.3) is 0 Å². The van der Waals surface area contributed by atoms with Gasteiger partial charge in [0.2, 0.25) is 0 Å². The zero-order chi connectivity index (χ0) is 20.3. The lowest BCUT2D eigenvalue weighted by Crippen LogP contribution is -2.22. The number of benzene rings is 2. The van der Waals surface area contributed by atoms with Gasteiger partial charge >= 0.3 is 0 Å². The quantitative estimate of drug-likeness (QED) is 0.482. The zero-order valence-corrected chi connectivity index (χ0v) is 18.2. The normalized spacial score (nSPS) is 11.4. The maximum Gasteiger partial charge on any atom is 0.199 e. The summed E-state index contributed by atoms with van der Waals surface area (Å²) in [5.74, 6) is 1.68. The first-order valence-electron chi connectivity index (χ1n) is 9.15. The molecule has 148 valence electrons. The molecule has 0 N–H and O–H groups in total. The summed E-state index contributed by atoms with van der Waals surface area (Å²) >= 11 is 11.7. The van der Waals surface area contributed by atoms with Crippen LogP contribution in [0, 0.1) is 4.77 Å². The van der Waals surface area contributed by atoms with Crippen molar-refractivity contribution in [1.82, 2.24) is 19.2 Å². The molecule has 7 heteroatoms. The van der Waals surface area contributed by atoms with Crippen molar-refractivity contribution in [3.05, 3.63) is 63.9 Å². The molecule has 5 nitrogen and oxygen atoms in total. The summed E-state index contributed by atoms with van der Waals surface area (Å²) in [6.45, 7) is 5.62. The van der Waals surface area contributed by atoms with Crippen molar-refractivity contribution in [3.8, 4) is 17.1 Å². The van der Waals surface area contributed by atoms with Crippen LogP contribution >= 0.6 is 23.8 Å².